The number of aryl methyl sites for hydroxylation is 2. The van der Waals surface area contributed by atoms with E-state index in [0.29, 0.717) is 25.1 Å². The van der Waals surface area contributed by atoms with Crippen molar-refractivity contribution in [2.24, 2.45) is 16.3 Å². The topological polar surface area (TPSA) is 101 Å². The highest BCUT2D eigenvalue weighted by Gasteiger charge is 2.25. The van der Waals surface area contributed by atoms with E-state index in [2.05, 4.69) is 87.3 Å². The van der Waals surface area contributed by atoms with Crippen LogP contribution in [0.25, 0.3) is 5.57 Å². The fraction of sp³-hybridized carbons (Fsp3) is 0.488. The van der Waals surface area contributed by atoms with Crippen molar-refractivity contribution in [2.75, 3.05) is 45.3 Å². The number of amidine groups is 1. The number of carbonyl (C=O) groups is 2. The molecule has 1 heterocycles. The first-order valence-electron chi connectivity index (χ1n) is 17.6. The lowest BCUT2D eigenvalue weighted by atomic mass is 9.83. The SMILES string of the molecule is C/C=C(\C)c1ccc(OC)c(C)c1.C=C1C(Nc2ccc(C(=O)NCCCOCC(=O)C(CC)CCNCCC)c(C)c2)=NC=CC1(C)C. The Balaban J connectivity index is 0.000000535. The van der Waals surface area contributed by atoms with Crippen LogP contribution in [-0.4, -0.2) is 57.5 Å². The molecule has 1 amide bonds. The van der Waals surface area contributed by atoms with Crippen molar-refractivity contribution in [1.29, 1.82) is 0 Å². The van der Waals surface area contributed by atoms with Crippen LogP contribution in [0.4, 0.5) is 5.69 Å². The van der Waals surface area contributed by atoms with Gasteiger partial charge in [-0.25, -0.2) is 4.99 Å². The standard InChI is InChI=1S/C29H44N4O3.C12H16O/c1-7-14-30-16-12-23(8-2)26(34)20-36-18-9-15-32-28(35)25-11-10-24(19-21(25)3)33-27-22(4)29(5,6)13-17-31-27;1-5-9(2)11-6-7-12(13-4)10(3)8-11/h10-11,13,17,19,23,30H,4,7-9,12,14-16,18,20H2,1-3,5-6H3,(H,31,33)(H,32,35);5-8H,1-4H3/b;9-5+. The minimum atomic E-state index is -0.153. The number of hydrogen-bond donors (Lipinski definition) is 3. The number of rotatable bonds is 17. The van der Waals surface area contributed by atoms with Crippen molar-refractivity contribution in [3.63, 3.8) is 0 Å². The van der Waals surface area contributed by atoms with Gasteiger partial charge in [0.25, 0.3) is 5.91 Å². The number of nitrogens with zero attached hydrogens (tertiary/aromatic N) is 1. The number of hydrogen-bond acceptors (Lipinski definition) is 7. The zero-order valence-electron chi connectivity index (χ0n) is 31.4. The first-order valence-corrected chi connectivity index (χ1v) is 17.6. The van der Waals surface area contributed by atoms with Gasteiger partial charge >= 0.3 is 0 Å². The quantitative estimate of drug-likeness (QED) is 0.146. The summed E-state index contributed by atoms with van der Waals surface area (Å²) in [5.74, 6) is 1.76. The summed E-state index contributed by atoms with van der Waals surface area (Å²) in [5.41, 5.74) is 6.87. The van der Waals surface area contributed by atoms with Crippen LogP contribution in [0.3, 0.4) is 0 Å². The Morgan fingerprint density at radius 1 is 1.04 bits per heavy atom. The molecule has 1 aliphatic rings. The number of amides is 1. The van der Waals surface area contributed by atoms with E-state index in [1.807, 2.05) is 44.2 Å². The second kappa shape index (κ2) is 21.2. The summed E-state index contributed by atoms with van der Waals surface area (Å²) >= 11 is 0. The average molecular weight is 673 g/mol. The van der Waals surface area contributed by atoms with Crippen LogP contribution in [0.5, 0.6) is 5.75 Å². The molecular formula is C41H60N4O4. The van der Waals surface area contributed by atoms with Crippen LogP contribution in [0.15, 0.2) is 71.9 Å². The fourth-order valence-corrected chi connectivity index (χ4v) is 5.25. The molecule has 0 spiro atoms. The highest BCUT2D eigenvalue weighted by Crippen LogP contribution is 2.31. The first kappa shape index (κ1) is 41.2. The van der Waals surface area contributed by atoms with Gasteiger partial charge in [-0.2, -0.15) is 0 Å². The Kier molecular flexibility index (Phi) is 17.8. The molecule has 2 aromatic carbocycles. The lowest BCUT2D eigenvalue weighted by Crippen LogP contribution is -2.28. The molecule has 2 aromatic rings. The number of Topliss-reactive ketones (excluding diaryl/α,β-unsaturated/α-hetero) is 1. The van der Waals surface area contributed by atoms with Gasteiger partial charge in [-0.05, 0) is 125 Å². The van der Waals surface area contributed by atoms with Crippen molar-refractivity contribution < 1.29 is 19.1 Å². The number of allylic oxidation sites excluding steroid dienone is 3. The van der Waals surface area contributed by atoms with Gasteiger partial charge in [-0.3, -0.25) is 9.59 Å². The summed E-state index contributed by atoms with van der Waals surface area (Å²) in [4.78, 5) is 29.4. The van der Waals surface area contributed by atoms with Crippen LogP contribution in [-0.2, 0) is 9.53 Å². The molecule has 1 aliphatic heterocycles. The molecule has 0 saturated carbocycles. The Morgan fingerprint density at radius 2 is 1.80 bits per heavy atom. The van der Waals surface area contributed by atoms with E-state index in [1.165, 1.54) is 16.7 Å². The maximum absolute atomic E-state index is 12.6. The van der Waals surface area contributed by atoms with Gasteiger partial charge in [0.15, 0.2) is 5.78 Å². The van der Waals surface area contributed by atoms with Gasteiger partial charge in [0.2, 0.25) is 0 Å². The zero-order chi connectivity index (χ0) is 36.4. The lowest BCUT2D eigenvalue weighted by Gasteiger charge is -2.27. The minimum absolute atomic E-state index is 0.0423. The number of ketones is 1. The summed E-state index contributed by atoms with van der Waals surface area (Å²) in [5, 5.41) is 9.60. The summed E-state index contributed by atoms with van der Waals surface area (Å²) in [7, 11) is 1.70. The molecule has 0 aliphatic carbocycles. The number of carbonyl (C=O) groups excluding carboxylic acids is 2. The molecule has 0 radical (unpaired) electrons. The van der Waals surface area contributed by atoms with Crippen LogP contribution in [0.1, 0.15) is 94.3 Å². The summed E-state index contributed by atoms with van der Waals surface area (Å²) in [6.45, 7) is 23.6. The van der Waals surface area contributed by atoms with E-state index in [1.54, 1.807) is 13.3 Å². The summed E-state index contributed by atoms with van der Waals surface area (Å²) < 4.78 is 10.8. The van der Waals surface area contributed by atoms with E-state index in [0.717, 1.165) is 60.8 Å². The highest BCUT2D eigenvalue weighted by molar-refractivity contribution is 6.09. The Bertz CT molecular complexity index is 1490. The average Bonchev–Trinajstić information content (AvgIpc) is 3.08. The van der Waals surface area contributed by atoms with Gasteiger partial charge in [0.05, 0.1) is 7.11 Å². The van der Waals surface area contributed by atoms with E-state index in [9.17, 15) is 9.59 Å². The molecule has 268 valence electrons. The molecule has 1 atom stereocenters. The highest BCUT2D eigenvalue weighted by atomic mass is 16.5. The lowest BCUT2D eigenvalue weighted by molar-refractivity contribution is -0.127. The van der Waals surface area contributed by atoms with E-state index >= 15 is 0 Å². The van der Waals surface area contributed by atoms with E-state index in [-0.39, 0.29) is 29.6 Å². The number of anilines is 1. The van der Waals surface area contributed by atoms with Gasteiger partial charge in [0.1, 0.15) is 18.2 Å². The monoisotopic (exact) mass is 672 g/mol. The van der Waals surface area contributed by atoms with Crippen molar-refractivity contribution in [3.8, 4) is 5.75 Å². The minimum Gasteiger partial charge on any atom is -0.496 e. The number of ether oxygens (including phenoxy) is 2. The second-order valence-electron chi connectivity index (χ2n) is 13.1. The van der Waals surface area contributed by atoms with Crippen molar-refractivity contribution in [3.05, 3.63) is 89.2 Å². The maximum Gasteiger partial charge on any atom is 0.251 e. The molecule has 8 heteroatoms. The summed E-state index contributed by atoms with van der Waals surface area (Å²) in [6.07, 6.45) is 9.35. The number of benzene rings is 2. The molecule has 0 saturated heterocycles. The normalized spacial score (nSPS) is 14.3. The number of methoxy groups -OCH3 is 1. The third-order valence-corrected chi connectivity index (χ3v) is 8.82. The van der Waals surface area contributed by atoms with Crippen molar-refractivity contribution in [2.45, 2.75) is 81.1 Å². The van der Waals surface area contributed by atoms with Gasteiger partial charge in [-0.1, -0.05) is 52.5 Å². The predicted octanol–water partition coefficient (Wildman–Crippen LogP) is 8.46. The third-order valence-electron chi connectivity index (χ3n) is 8.82. The second-order valence-corrected chi connectivity index (χ2v) is 13.1. The molecule has 0 aromatic heterocycles. The fourth-order valence-electron chi connectivity index (χ4n) is 5.25. The van der Waals surface area contributed by atoms with Gasteiger partial charge in [-0.15, -0.1) is 0 Å². The predicted molar refractivity (Wildman–Crippen MR) is 206 cm³/mol. The Labute approximate surface area is 295 Å². The van der Waals surface area contributed by atoms with Gasteiger partial charge < -0.3 is 25.4 Å². The zero-order valence-corrected chi connectivity index (χ0v) is 31.4. The van der Waals surface area contributed by atoms with Gasteiger partial charge in [0, 0.05) is 41.9 Å². The van der Waals surface area contributed by atoms with Crippen LogP contribution < -0.4 is 20.7 Å². The molecule has 8 nitrogen and oxygen atoms in total. The molecule has 49 heavy (non-hydrogen) atoms. The Hall–Kier alpha value is -4.01. The molecule has 3 N–H and O–H groups in total. The van der Waals surface area contributed by atoms with Crippen LogP contribution in [0, 0.1) is 25.2 Å². The molecule has 1 unspecified atom stereocenters. The third kappa shape index (κ3) is 13.4. The molecule has 0 fully saturated rings. The van der Waals surface area contributed by atoms with E-state index in [4.69, 9.17) is 9.47 Å². The molecular weight excluding hydrogens is 612 g/mol. The molecule has 3 rings (SSSR count). The largest absolute Gasteiger partial charge is 0.496 e. The molecule has 0 bridgehead atoms. The smallest absolute Gasteiger partial charge is 0.251 e. The van der Waals surface area contributed by atoms with Crippen LogP contribution >= 0.6 is 0 Å². The number of nitrogens with one attached hydrogen (secondary N) is 3. The Morgan fingerprint density at radius 3 is 2.43 bits per heavy atom. The van der Waals surface area contributed by atoms with Crippen molar-refractivity contribution >= 4 is 28.8 Å². The maximum atomic E-state index is 12.6. The first-order chi connectivity index (χ1) is 23.4. The summed E-state index contributed by atoms with van der Waals surface area (Å²) in [6, 6.07) is 11.9. The van der Waals surface area contributed by atoms with E-state index < -0.39 is 0 Å². The number of aliphatic imine (C=N–C) groups is 1. The van der Waals surface area contributed by atoms with Crippen molar-refractivity contribution in [1.82, 2.24) is 10.6 Å². The van der Waals surface area contributed by atoms with Crippen LogP contribution in [0.2, 0.25) is 0 Å².